The molecule has 0 aromatic heterocycles. The molecule has 1 aliphatic rings. The van der Waals surface area contributed by atoms with E-state index in [1.807, 2.05) is 74.5 Å². The summed E-state index contributed by atoms with van der Waals surface area (Å²) in [5.41, 5.74) is 1.34. The number of hydrogen-bond donors (Lipinski definition) is 3. The fraction of sp³-hybridized carbons (Fsp3) is 0.364. The molecule has 1 fully saturated rings. The minimum Gasteiger partial charge on any atom is -0.389 e. The van der Waals surface area contributed by atoms with E-state index in [0.29, 0.717) is 6.54 Å². The fourth-order valence-electron chi connectivity index (χ4n) is 3.45. The van der Waals surface area contributed by atoms with Gasteiger partial charge in [0.25, 0.3) is 0 Å². The number of nitrogens with one attached hydrogen (secondary N) is 2. The van der Waals surface area contributed by atoms with Gasteiger partial charge < -0.3 is 15.3 Å². The lowest BCUT2D eigenvalue weighted by molar-refractivity contribution is -0.134. The van der Waals surface area contributed by atoms with Crippen LogP contribution < -0.4 is 10.6 Å². The highest BCUT2D eigenvalue weighted by Crippen LogP contribution is 2.25. The van der Waals surface area contributed by atoms with E-state index < -0.39 is 17.8 Å². The van der Waals surface area contributed by atoms with Crippen LogP contribution >= 0.6 is 0 Å². The van der Waals surface area contributed by atoms with Crippen molar-refractivity contribution in [3.05, 3.63) is 71.8 Å². The maximum atomic E-state index is 12.9. The number of aliphatic hydroxyl groups is 1. The van der Waals surface area contributed by atoms with E-state index in [1.165, 1.54) is 0 Å². The van der Waals surface area contributed by atoms with Gasteiger partial charge in [0.1, 0.15) is 6.04 Å². The first-order chi connectivity index (χ1) is 13.4. The molecule has 148 valence electrons. The number of nitrogens with zero attached hydrogens (tertiary/aromatic N) is 1. The maximum Gasteiger partial charge on any atom is 0.244 e. The van der Waals surface area contributed by atoms with E-state index in [9.17, 15) is 14.7 Å². The Kier molecular flexibility index (Phi) is 6.11. The zero-order valence-electron chi connectivity index (χ0n) is 16.3. The van der Waals surface area contributed by atoms with Crippen molar-refractivity contribution in [3.8, 4) is 0 Å². The van der Waals surface area contributed by atoms with Crippen molar-refractivity contribution in [2.24, 2.45) is 0 Å². The summed E-state index contributed by atoms with van der Waals surface area (Å²) in [5, 5.41) is 16.4. The average molecular weight is 381 g/mol. The zero-order valence-corrected chi connectivity index (χ0v) is 16.3. The maximum absolute atomic E-state index is 12.9. The summed E-state index contributed by atoms with van der Waals surface area (Å²) in [4.78, 5) is 26.7. The molecule has 1 heterocycles. The number of aliphatic hydroxyl groups excluding tert-OH is 1. The van der Waals surface area contributed by atoms with E-state index >= 15 is 0 Å². The molecule has 2 unspecified atom stereocenters. The van der Waals surface area contributed by atoms with Crippen molar-refractivity contribution in [3.63, 3.8) is 0 Å². The van der Waals surface area contributed by atoms with Crippen LogP contribution in [0, 0.1) is 0 Å². The summed E-state index contributed by atoms with van der Waals surface area (Å²) in [5.74, 6) is -0.352. The molecule has 6 nitrogen and oxygen atoms in total. The van der Waals surface area contributed by atoms with Gasteiger partial charge in [0.15, 0.2) is 0 Å². The summed E-state index contributed by atoms with van der Waals surface area (Å²) in [6.07, 6.45) is -0.766. The molecular weight excluding hydrogens is 354 g/mol. The molecule has 3 N–H and O–H groups in total. The summed E-state index contributed by atoms with van der Waals surface area (Å²) in [7, 11) is 0. The molecule has 0 saturated carbocycles. The van der Waals surface area contributed by atoms with Crippen LogP contribution in [0.4, 0.5) is 0 Å². The number of hydrogen-bond acceptors (Lipinski definition) is 4. The minimum atomic E-state index is -1.01. The Bertz CT molecular complexity index is 808. The molecule has 3 rings (SSSR count). The highest BCUT2D eigenvalue weighted by atomic mass is 16.3. The lowest BCUT2D eigenvalue weighted by atomic mass is 10.1. The first-order valence-electron chi connectivity index (χ1n) is 9.48. The van der Waals surface area contributed by atoms with Crippen LogP contribution in [0.3, 0.4) is 0 Å². The number of carbonyl (C=O) groups is 2. The highest BCUT2D eigenvalue weighted by Gasteiger charge is 2.46. The molecule has 2 atom stereocenters. The molecule has 2 aromatic carbocycles. The molecule has 2 amide bonds. The molecule has 6 heteroatoms. The normalized spacial score (nSPS) is 19.5. The largest absolute Gasteiger partial charge is 0.389 e. The molecule has 1 saturated heterocycles. The van der Waals surface area contributed by atoms with Crippen LogP contribution in [0.2, 0.25) is 0 Å². The predicted molar refractivity (Wildman–Crippen MR) is 107 cm³/mol. The quantitative estimate of drug-likeness (QED) is 0.678. The Balaban J connectivity index is 1.57. The second kappa shape index (κ2) is 8.54. The van der Waals surface area contributed by atoms with Crippen molar-refractivity contribution in [2.75, 3.05) is 6.54 Å². The third-order valence-corrected chi connectivity index (χ3v) is 5.00. The molecule has 0 spiro atoms. The van der Waals surface area contributed by atoms with E-state index in [-0.39, 0.29) is 24.8 Å². The molecule has 1 aliphatic heterocycles. The smallest absolute Gasteiger partial charge is 0.244 e. The van der Waals surface area contributed by atoms with Crippen molar-refractivity contribution in [1.82, 2.24) is 15.5 Å². The fourth-order valence-corrected chi connectivity index (χ4v) is 3.45. The summed E-state index contributed by atoms with van der Waals surface area (Å²) in [6.45, 7) is 4.30. The van der Waals surface area contributed by atoms with Gasteiger partial charge in [-0.3, -0.25) is 14.9 Å². The van der Waals surface area contributed by atoms with Gasteiger partial charge in [-0.25, -0.2) is 0 Å². The second-order valence-electron chi connectivity index (χ2n) is 7.62. The Labute approximate surface area is 165 Å². The lowest BCUT2D eigenvalue weighted by Gasteiger charge is -2.31. The minimum absolute atomic E-state index is 0.0182. The molecule has 2 aromatic rings. The predicted octanol–water partition coefficient (Wildman–Crippen LogP) is 1.44. The molecule has 0 radical (unpaired) electrons. The van der Waals surface area contributed by atoms with Gasteiger partial charge in [-0.05, 0) is 25.0 Å². The Hall–Kier alpha value is -2.70. The van der Waals surface area contributed by atoms with Gasteiger partial charge in [-0.1, -0.05) is 60.7 Å². The van der Waals surface area contributed by atoms with E-state index in [4.69, 9.17) is 0 Å². The van der Waals surface area contributed by atoms with Gasteiger partial charge >= 0.3 is 0 Å². The molecular formula is C22H27N3O3. The van der Waals surface area contributed by atoms with Crippen molar-refractivity contribution in [2.45, 2.75) is 44.6 Å². The van der Waals surface area contributed by atoms with E-state index in [0.717, 1.165) is 11.1 Å². The third kappa shape index (κ3) is 4.77. The van der Waals surface area contributed by atoms with Crippen molar-refractivity contribution >= 4 is 11.8 Å². The first-order valence-corrected chi connectivity index (χ1v) is 9.48. The number of amides is 2. The van der Waals surface area contributed by atoms with E-state index in [1.54, 1.807) is 4.90 Å². The SMILES string of the molecule is CC1(C)NC(C(O)CNC(=O)Cc2ccccc2)C(=O)N1Cc1ccccc1. The Morgan fingerprint density at radius 3 is 2.29 bits per heavy atom. The topological polar surface area (TPSA) is 81.7 Å². The van der Waals surface area contributed by atoms with Crippen molar-refractivity contribution in [1.29, 1.82) is 0 Å². The van der Waals surface area contributed by atoms with Gasteiger partial charge in [-0.2, -0.15) is 0 Å². The van der Waals surface area contributed by atoms with Gasteiger partial charge in [0, 0.05) is 13.1 Å². The summed E-state index contributed by atoms with van der Waals surface area (Å²) >= 11 is 0. The lowest BCUT2D eigenvalue weighted by Crippen LogP contribution is -2.50. The zero-order chi connectivity index (χ0) is 20.1. The van der Waals surface area contributed by atoms with Gasteiger partial charge in [-0.15, -0.1) is 0 Å². The number of benzene rings is 2. The monoisotopic (exact) mass is 381 g/mol. The average Bonchev–Trinajstić information content (AvgIpc) is 2.91. The van der Waals surface area contributed by atoms with Crippen LogP contribution in [0.15, 0.2) is 60.7 Å². The third-order valence-electron chi connectivity index (χ3n) is 5.00. The van der Waals surface area contributed by atoms with Gasteiger partial charge in [0.2, 0.25) is 11.8 Å². The second-order valence-corrected chi connectivity index (χ2v) is 7.62. The Morgan fingerprint density at radius 2 is 1.68 bits per heavy atom. The standard InChI is InChI=1S/C22H27N3O3/c1-22(2)24-20(21(28)25(22)15-17-11-7-4-8-12-17)18(26)14-23-19(27)13-16-9-5-3-6-10-16/h3-12,18,20,24,26H,13-15H2,1-2H3,(H,23,27). The van der Waals surface area contributed by atoms with Crippen LogP contribution in [-0.4, -0.2) is 46.2 Å². The first kappa shape index (κ1) is 20.0. The van der Waals surface area contributed by atoms with Crippen LogP contribution in [0.5, 0.6) is 0 Å². The van der Waals surface area contributed by atoms with Crippen LogP contribution in [-0.2, 0) is 22.6 Å². The Morgan fingerprint density at radius 1 is 1.11 bits per heavy atom. The van der Waals surface area contributed by atoms with E-state index in [2.05, 4.69) is 10.6 Å². The van der Waals surface area contributed by atoms with Gasteiger partial charge in [0.05, 0.1) is 18.2 Å². The highest BCUT2D eigenvalue weighted by molar-refractivity contribution is 5.86. The number of carbonyl (C=O) groups excluding carboxylic acids is 2. The van der Waals surface area contributed by atoms with Crippen LogP contribution in [0.25, 0.3) is 0 Å². The summed E-state index contributed by atoms with van der Waals surface area (Å²) in [6, 6.07) is 18.4. The summed E-state index contributed by atoms with van der Waals surface area (Å²) < 4.78 is 0. The molecule has 0 aliphatic carbocycles. The molecule has 28 heavy (non-hydrogen) atoms. The molecule has 0 bridgehead atoms. The number of rotatable bonds is 7. The van der Waals surface area contributed by atoms with Crippen molar-refractivity contribution < 1.29 is 14.7 Å². The van der Waals surface area contributed by atoms with Crippen LogP contribution in [0.1, 0.15) is 25.0 Å².